The number of nitrogens with one attached hydrogen (secondary N) is 1. The number of hydrazine groups is 1. The average molecular weight is 325 g/mol. The molecule has 0 saturated carbocycles. The highest BCUT2D eigenvalue weighted by atomic mass is 16.2. The predicted molar refractivity (Wildman–Crippen MR) is 93.5 cm³/mol. The summed E-state index contributed by atoms with van der Waals surface area (Å²) < 4.78 is 0. The summed E-state index contributed by atoms with van der Waals surface area (Å²) in [6.45, 7) is 9.51. The Kier molecular flexibility index (Phi) is 5.02. The molecule has 24 heavy (non-hydrogen) atoms. The fourth-order valence-electron chi connectivity index (χ4n) is 2.30. The SMILES string of the molecule is Cc1cccc(C(=O)N(NC(=O)c2ccncc2)C(C)(C)C)c1C. The van der Waals surface area contributed by atoms with E-state index in [2.05, 4.69) is 10.4 Å². The molecule has 2 rings (SSSR count). The van der Waals surface area contributed by atoms with Gasteiger partial charge in [-0.25, -0.2) is 5.01 Å². The van der Waals surface area contributed by atoms with E-state index in [1.54, 1.807) is 30.6 Å². The van der Waals surface area contributed by atoms with Gasteiger partial charge in [-0.2, -0.15) is 0 Å². The molecule has 0 fully saturated rings. The van der Waals surface area contributed by atoms with Gasteiger partial charge in [0.2, 0.25) is 0 Å². The lowest BCUT2D eigenvalue weighted by atomic mass is 10.0. The van der Waals surface area contributed by atoms with Gasteiger partial charge in [-0.15, -0.1) is 0 Å². The molecule has 5 nitrogen and oxygen atoms in total. The van der Waals surface area contributed by atoms with Crippen LogP contribution in [0.3, 0.4) is 0 Å². The van der Waals surface area contributed by atoms with Crippen molar-refractivity contribution in [1.29, 1.82) is 0 Å². The van der Waals surface area contributed by atoms with Crippen molar-refractivity contribution in [3.8, 4) is 0 Å². The molecule has 0 saturated heterocycles. The van der Waals surface area contributed by atoms with Crippen LogP contribution < -0.4 is 5.43 Å². The first-order valence-corrected chi connectivity index (χ1v) is 7.83. The molecule has 0 aliphatic carbocycles. The van der Waals surface area contributed by atoms with Crippen molar-refractivity contribution in [3.63, 3.8) is 0 Å². The molecule has 2 aromatic rings. The number of aromatic nitrogens is 1. The lowest BCUT2D eigenvalue weighted by molar-refractivity contribution is 0.0358. The molecule has 0 bridgehead atoms. The number of aryl methyl sites for hydroxylation is 1. The Labute approximate surface area is 142 Å². The Morgan fingerprint density at radius 3 is 2.25 bits per heavy atom. The van der Waals surface area contributed by atoms with Gasteiger partial charge in [-0.1, -0.05) is 12.1 Å². The third-order valence-electron chi connectivity index (χ3n) is 3.86. The molecule has 1 aromatic carbocycles. The second kappa shape index (κ2) is 6.83. The van der Waals surface area contributed by atoms with Gasteiger partial charge in [-0.3, -0.25) is 20.0 Å². The van der Waals surface area contributed by atoms with Crippen LogP contribution in [0.2, 0.25) is 0 Å². The monoisotopic (exact) mass is 325 g/mol. The average Bonchev–Trinajstić information content (AvgIpc) is 2.54. The summed E-state index contributed by atoms with van der Waals surface area (Å²) in [5, 5.41) is 1.39. The van der Waals surface area contributed by atoms with Gasteiger partial charge in [0.05, 0.1) is 5.54 Å². The Morgan fingerprint density at radius 1 is 1.04 bits per heavy atom. The minimum absolute atomic E-state index is 0.230. The second-order valence-electron chi connectivity index (χ2n) is 6.74. The third kappa shape index (κ3) is 3.79. The number of pyridine rings is 1. The number of rotatable bonds is 2. The summed E-state index contributed by atoms with van der Waals surface area (Å²) in [5.74, 6) is -0.572. The standard InChI is InChI=1S/C19H23N3O2/c1-13-7-6-8-16(14(13)2)18(24)22(19(3,4)5)21-17(23)15-9-11-20-12-10-15/h6-12H,1-5H3,(H,21,23). The van der Waals surface area contributed by atoms with E-state index in [9.17, 15) is 9.59 Å². The van der Waals surface area contributed by atoms with E-state index in [1.807, 2.05) is 46.8 Å². The molecule has 0 aliphatic rings. The largest absolute Gasteiger partial charge is 0.273 e. The molecular formula is C19H23N3O2. The molecule has 1 N–H and O–H groups in total. The molecule has 1 aromatic heterocycles. The molecule has 0 unspecified atom stereocenters. The topological polar surface area (TPSA) is 62.3 Å². The van der Waals surface area contributed by atoms with E-state index >= 15 is 0 Å². The first-order chi connectivity index (χ1) is 11.2. The van der Waals surface area contributed by atoms with Crippen LogP contribution in [-0.4, -0.2) is 27.3 Å². The van der Waals surface area contributed by atoms with E-state index in [4.69, 9.17) is 0 Å². The zero-order chi connectivity index (χ0) is 17.9. The Bertz CT molecular complexity index is 749. The Hall–Kier alpha value is -2.69. The molecule has 0 radical (unpaired) electrons. The van der Waals surface area contributed by atoms with E-state index < -0.39 is 5.54 Å². The third-order valence-corrected chi connectivity index (χ3v) is 3.86. The van der Waals surface area contributed by atoms with Gasteiger partial charge in [-0.05, 0) is 63.9 Å². The van der Waals surface area contributed by atoms with Crippen LogP contribution in [0.25, 0.3) is 0 Å². The maximum atomic E-state index is 13.0. The molecule has 2 amide bonds. The second-order valence-corrected chi connectivity index (χ2v) is 6.74. The molecule has 1 heterocycles. The van der Waals surface area contributed by atoms with Crippen molar-refractivity contribution in [2.24, 2.45) is 0 Å². The van der Waals surface area contributed by atoms with E-state index in [-0.39, 0.29) is 11.8 Å². The number of hydrogen-bond donors (Lipinski definition) is 1. The Morgan fingerprint density at radius 2 is 1.67 bits per heavy atom. The fourth-order valence-corrected chi connectivity index (χ4v) is 2.30. The highest BCUT2D eigenvalue weighted by Crippen LogP contribution is 2.19. The van der Waals surface area contributed by atoms with Crippen molar-refractivity contribution >= 4 is 11.8 Å². The smallest absolute Gasteiger partial charge is 0.267 e. The number of carbonyl (C=O) groups is 2. The van der Waals surface area contributed by atoms with Crippen molar-refractivity contribution in [2.45, 2.75) is 40.2 Å². The quantitative estimate of drug-likeness (QED) is 0.862. The molecular weight excluding hydrogens is 302 g/mol. The molecule has 126 valence electrons. The van der Waals surface area contributed by atoms with Crippen LogP contribution in [0.1, 0.15) is 52.6 Å². The summed E-state index contributed by atoms with van der Waals surface area (Å²) >= 11 is 0. The summed E-state index contributed by atoms with van der Waals surface area (Å²) in [6, 6.07) is 8.81. The van der Waals surface area contributed by atoms with Crippen molar-refractivity contribution < 1.29 is 9.59 Å². The lowest BCUT2D eigenvalue weighted by Crippen LogP contribution is -2.56. The summed E-state index contributed by atoms with van der Waals surface area (Å²) in [7, 11) is 0. The first kappa shape index (κ1) is 17.7. The summed E-state index contributed by atoms with van der Waals surface area (Å²) in [6.07, 6.45) is 3.09. The van der Waals surface area contributed by atoms with Crippen LogP contribution in [0.4, 0.5) is 0 Å². The van der Waals surface area contributed by atoms with Gasteiger partial charge in [0, 0.05) is 23.5 Å². The van der Waals surface area contributed by atoms with Crippen LogP contribution in [-0.2, 0) is 0 Å². The lowest BCUT2D eigenvalue weighted by Gasteiger charge is -2.36. The molecule has 5 heteroatoms. The van der Waals surface area contributed by atoms with Crippen molar-refractivity contribution in [1.82, 2.24) is 15.4 Å². The Balaban J connectivity index is 2.34. The van der Waals surface area contributed by atoms with Gasteiger partial charge >= 0.3 is 0 Å². The minimum atomic E-state index is -0.573. The predicted octanol–water partition coefficient (Wildman–Crippen LogP) is 3.28. The minimum Gasteiger partial charge on any atom is -0.267 e. The fraction of sp³-hybridized carbons (Fsp3) is 0.316. The van der Waals surface area contributed by atoms with Gasteiger partial charge in [0.1, 0.15) is 0 Å². The maximum absolute atomic E-state index is 13.0. The van der Waals surface area contributed by atoms with E-state index in [0.717, 1.165) is 11.1 Å². The van der Waals surface area contributed by atoms with Crippen molar-refractivity contribution in [3.05, 3.63) is 65.0 Å². The van der Waals surface area contributed by atoms with E-state index in [0.29, 0.717) is 11.1 Å². The highest BCUT2D eigenvalue weighted by molar-refractivity contribution is 6.00. The van der Waals surface area contributed by atoms with Gasteiger partial charge < -0.3 is 0 Å². The van der Waals surface area contributed by atoms with Crippen molar-refractivity contribution in [2.75, 3.05) is 0 Å². The van der Waals surface area contributed by atoms with Gasteiger partial charge in [0.15, 0.2) is 0 Å². The van der Waals surface area contributed by atoms with Crippen LogP contribution in [0, 0.1) is 13.8 Å². The summed E-state index contributed by atoms with van der Waals surface area (Å²) in [4.78, 5) is 29.4. The highest BCUT2D eigenvalue weighted by Gasteiger charge is 2.30. The van der Waals surface area contributed by atoms with E-state index in [1.165, 1.54) is 5.01 Å². The first-order valence-electron chi connectivity index (χ1n) is 7.83. The van der Waals surface area contributed by atoms with Crippen LogP contribution in [0.15, 0.2) is 42.7 Å². The molecule has 0 spiro atoms. The number of carbonyl (C=O) groups excluding carboxylic acids is 2. The molecule has 0 atom stereocenters. The number of hydrogen-bond acceptors (Lipinski definition) is 3. The maximum Gasteiger partial charge on any atom is 0.273 e. The number of nitrogens with zero attached hydrogens (tertiary/aromatic N) is 2. The number of amides is 2. The zero-order valence-corrected chi connectivity index (χ0v) is 14.8. The zero-order valence-electron chi connectivity index (χ0n) is 14.8. The van der Waals surface area contributed by atoms with Crippen LogP contribution >= 0.6 is 0 Å². The van der Waals surface area contributed by atoms with Crippen LogP contribution in [0.5, 0.6) is 0 Å². The van der Waals surface area contributed by atoms with Gasteiger partial charge in [0.25, 0.3) is 11.8 Å². The summed E-state index contributed by atoms with van der Waals surface area (Å²) in [5.41, 5.74) is 5.15. The normalized spacial score (nSPS) is 11.0. The number of benzene rings is 1. The molecule has 0 aliphatic heterocycles.